The van der Waals surface area contributed by atoms with Crippen LogP contribution in [0.3, 0.4) is 0 Å². The Hall–Kier alpha value is -2.91. The van der Waals surface area contributed by atoms with Crippen molar-refractivity contribution in [1.29, 1.82) is 0 Å². The summed E-state index contributed by atoms with van der Waals surface area (Å²) in [5.41, 5.74) is 1.48. The molecule has 0 saturated carbocycles. The average Bonchev–Trinajstić information content (AvgIpc) is 3.29. The number of hydrogen-bond acceptors (Lipinski definition) is 7. The maximum Gasteiger partial charge on any atom is 0.236 e. The number of phenols is 1. The van der Waals surface area contributed by atoms with E-state index in [1.54, 1.807) is 18.2 Å². The van der Waals surface area contributed by atoms with Crippen molar-refractivity contribution >= 4 is 44.4 Å². The average molecular weight is 412 g/mol. The molecule has 28 heavy (non-hydrogen) atoms. The summed E-state index contributed by atoms with van der Waals surface area (Å²) in [6, 6.07) is 14.8. The van der Waals surface area contributed by atoms with Crippen LogP contribution in [0, 0.1) is 0 Å². The van der Waals surface area contributed by atoms with E-state index in [1.807, 2.05) is 41.8 Å². The van der Waals surface area contributed by atoms with Gasteiger partial charge in [-0.3, -0.25) is 4.79 Å². The van der Waals surface area contributed by atoms with E-state index in [0.29, 0.717) is 28.2 Å². The van der Waals surface area contributed by atoms with Crippen LogP contribution < -0.4 is 5.32 Å². The highest BCUT2D eigenvalue weighted by atomic mass is 32.2. The number of carbonyl (C=O) groups excluding carboxylic acids is 1. The van der Waals surface area contributed by atoms with E-state index in [4.69, 9.17) is 0 Å². The molecule has 0 spiro atoms. The quantitative estimate of drug-likeness (QED) is 0.466. The van der Waals surface area contributed by atoms with Gasteiger partial charge in [0, 0.05) is 6.54 Å². The maximum absolute atomic E-state index is 12.3. The van der Waals surface area contributed by atoms with Crippen LogP contribution in [0.1, 0.15) is 6.92 Å². The second-order valence-electron chi connectivity index (χ2n) is 5.89. The second-order valence-corrected chi connectivity index (χ2v) is 7.86. The van der Waals surface area contributed by atoms with E-state index in [2.05, 4.69) is 20.5 Å². The molecule has 7 nitrogen and oxygen atoms in total. The molecule has 142 valence electrons. The minimum atomic E-state index is -0.154. The van der Waals surface area contributed by atoms with E-state index in [1.165, 1.54) is 23.1 Å². The highest BCUT2D eigenvalue weighted by Gasteiger charge is 2.17. The van der Waals surface area contributed by atoms with Crippen molar-refractivity contribution in [2.75, 3.05) is 11.1 Å². The molecule has 1 amide bonds. The van der Waals surface area contributed by atoms with E-state index in [-0.39, 0.29) is 17.4 Å². The highest BCUT2D eigenvalue weighted by Crippen LogP contribution is 2.30. The predicted molar refractivity (Wildman–Crippen MR) is 112 cm³/mol. The topological polar surface area (TPSA) is 92.9 Å². The summed E-state index contributed by atoms with van der Waals surface area (Å²) in [6.07, 6.45) is 0. The molecule has 2 N–H and O–H groups in total. The lowest BCUT2D eigenvalue weighted by atomic mass is 10.2. The molecule has 0 atom stereocenters. The first-order valence-electron chi connectivity index (χ1n) is 8.65. The number of nitrogens with zero attached hydrogens (tertiary/aromatic N) is 4. The number of anilines is 1. The summed E-state index contributed by atoms with van der Waals surface area (Å²) in [4.78, 5) is 16.7. The third kappa shape index (κ3) is 3.71. The van der Waals surface area contributed by atoms with Gasteiger partial charge in [-0.15, -0.1) is 10.2 Å². The Morgan fingerprint density at radius 1 is 1.18 bits per heavy atom. The fraction of sp³-hybridized carbons (Fsp3) is 0.158. The molecular formula is C19H17N5O2S2. The second kappa shape index (κ2) is 7.99. The Bertz CT molecular complexity index is 1110. The molecule has 0 aliphatic heterocycles. The number of carbonyl (C=O) groups is 1. The molecule has 0 radical (unpaired) electrons. The zero-order valence-corrected chi connectivity index (χ0v) is 16.6. The van der Waals surface area contributed by atoms with Crippen LogP contribution in [0.25, 0.3) is 21.6 Å². The lowest BCUT2D eigenvalue weighted by Gasteiger charge is -2.08. The number of benzene rings is 2. The summed E-state index contributed by atoms with van der Waals surface area (Å²) < 4.78 is 2.91. The number of fused-ring (bicyclic) bond motifs is 1. The van der Waals surface area contributed by atoms with Gasteiger partial charge in [-0.05, 0) is 31.2 Å². The van der Waals surface area contributed by atoms with Crippen molar-refractivity contribution in [2.45, 2.75) is 18.6 Å². The van der Waals surface area contributed by atoms with Gasteiger partial charge < -0.3 is 15.0 Å². The highest BCUT2D eigenvalue weighted by molar-refractivity contribution is 7.99. The molecule has 0 unspecified atom stereocenters. The first-order valence-corrected chi connectivity index (χ1v) is 10.5. The van der Waals surface area contributed by atoms with E-state index in [0.717, 1.165) is 10.2 Å². The standard InChI is InChI=1S/C19H17N5O2S2/c1-2-24-17(12-7-3-5-9-14(12)25)22-23-19(24)27-11-16(26)21-18-20-13-8-4-6-10-15(13)28-18/h3-10,25H,2,11H2,1H3,(H,20,21,26). The van der Waals surface area contributed by atoms with Crippen LogP contribution in [0.15, 0.2) is 53.7 Å². The number of aromatic nitrogens is 4. The van der Waals surface area contributed by atoms with E-state index in [9.17, 15) is 9.90 Å². The Morgan fingerprint density at radius 3 is 2.75 bits per heavy atom. The first kappa shape index (κ1) is 18.5. The van der Waals surface area contributed by atoms with Gasteiger partial charge in [0.2, 0.25) is 5.91 Å². The molecule has 0 fully saturated rings. The van der Waals surface area contributed by atoms with Gasteiger partial charge in [0.25, 0.3) is 0 Å². The maximum atomic E-state index is 12.3. The van der Waals surface area contributed by atoms with Crippen LogP contribution in [-0.2, 0) is 11.3 Å². The van der Waals surface area contributed by atoms with Crippen molar-refractivity contribution < 1.29 is 9.90 Å². The summed E-state index contributed by atoms with van der Waals surface area (Å²) in [6.45, 7) is 2.59. The Labute approximate surface area is 169 Å². The summed E-state index contributed by atoms with van der Waals surface area (Å²) in [7, 11) is 0. The molecule has 2 aromatic carbocycles. The van der Waals surface area contributed by atoms with E-state index >= 15 is 0 Å². The number of thioether (sulfide) groups is 1. The molecule has 2 heterocycles. The van der Waals surface area contributed by atoms with Gasteiger partial charge in [0.1, 0.15) is 5.75 Å². The third-order valence-corrected chi connectivity index (χ3v) is 5.97. The minimum absolute atomic E-state index is 0.148. The van der Waals surface area contributed by atoms with Crippen LogP contribution in [0.4, 0.5) is 5.13 Å². The predicted octanol–water partition coefficient (Wildman–Crippen LogP) is 4.01. The summed E-state index contributed by atoms with van der Waals surface area (Å²) in [5.74, 6) is 0.762. The zero-order valence-electron chi connectivity index (χ0n) is 15.0. The van der Waals surface area contributed by atoms with Crippen LogP contribution in [-0.4, -0.2) is 36.5 Å². The molecule has 0 saturated heterocycles. The number of aromatic hydroxyl groups is 1. The monoisotopic (exact) mass is 411 g/mol. The Morgan fingerprint density at radius 2 is 1.96 bits per heavy atom. The fourth-order valence-electron chi connectivity index (χ4n) is 2.75. The van der Waals surface area contributed by atoms with Crippen molar-refractivity contribution in [2.24, 2.45) is 0 Å². The normalized spacial score (nSPS) is 11.0. The largest absolute Gasteiger partial charge is 0.507 e. The molecule has 4 rings (SSSR count). The van der Waals surface area contributed by atoms with Gasteiger partial charge >= 0.3 is 0 Å². The van der Waals surface area contributed by atoms with Gasteiger partial charge in [-0.2, -0.15) is 0 Å². The number of amides is 1. The smallest absolute Gasteiger partial charge is 0.236 e. The summed E-state index contributed by atoms with van der Waals surface area (Å²) >= 11 is 2.74. The lowest BCUT2D eigenvalue weighted by molar-refractivity contribution is -0.113. The van der Waals surface area contributed by atoms with E-state index < -0.39 is 0 Å². The molecule has 0 aliphatic carbocycles. The molecule has 2 aromatic heterocycles. The number of para-hydroxylation sites is 2. The first-order chi connectivity index (χ1) is 13.7. The van der Waals surface area contributed by atoms with Gasteiger partial charge in [0.05, 0.1) is 21.5 Å². The summed E-state index contributed by atoms with van der Waals surface area (Å²) in [5, 5.41) is 22.5. The van der Waals surface area contributed by atoms with Crippen LogP contribution in [0.2, 0.25) is 0 Å². The van der Waals surface area contributed by atoms with Crippen LogP contribution >= 0.6 is 23.1 Å². The number of thiazole rings is 1. The van der Waals surface area contributed by atoms with Crippen LogP contribution in [0.5, 0.6) is 5.75 Å². The number of hydrogen-bond donors (Lipinski definition) is 2. The molecule has 0 bridgehead atoms. The molecule has 4 aromatic rings. The van der Waals surface area contributed by atoms with Crippen molar-refractivity contribution in [3.8, 4) is 17.1 Å². The van der Waals surface area contributed by atoms with Gasteiger partial charge in [-0.1, -0.05) is 47.4 Å². The van der Waals surface area contributed by atoms with Crippen molar-refractivity contribution in [1.82, 2.24) is 19.7 Å². The number of phenolic OH excluding ortho intramolecular Hbond substituents is 1. The zero-order chi connectivity index (χ0) is 19.5. The molecule has 0 aliphatic rings. The molecular weight excluding hydrogens is 394 g/mol. The number of rotatable bonds is 6. The minimum Gasteiger partial charge on any atom is -0.507 e. The fourth-order valence-corrected chi connectivity index (χ4v) is 4.44. The van der Waals surface area contributed by atoms with Gasteiger partial charge in [0.15, 0.2) is 16.1 Å². The van der Waals surface area contributed by atoms with Crippen molar-refractivity contribution in [3.63, 3.8) is 0 Å². The van der Waals surface area contributed by atoms with Gasteiger partial charge in [-0.25, -0.2) is 4.98 Å². The third-order valence-electron chi connectivity index (χ3n) is 4.05. The lowest BCUT2D eigenvalue weighted by Crippen LogP contribution is -2.14. The Balaban J connectivity index is 1.46. The SMILES string of the molecule is CCn1c(SCC(=O)Nc2nc3ccccc3s2)nnc1-c1ccccc1O. The van der Waals surface area contributed by atoms with Crippen molar-refractivity contribution in [3.05, 3.63) is 48.5 Å². The Kier molecular flexibility index (Phi) is 5.27. The number of nitrogens with one attached hydrogen (secondary N) is 1. The molecule has 9 heteroatoms.